The average molecular weight is 926 g/mol. The van der Waals surface area contributed by atoms with Gasteiger partial charge in [-0.05, 0) is 96.8 Å². The molecule has 0 bridgehead atoms. The summed E-state index contributed by atoms with van der Waals surface area (Å²) >= 11 is 6.26. The normalized spacial score (nSPS) is 19.3. The van der Waals surface area contributed by atoms with E-state index in [4.69, 9.17) is 30.8 Å². The highest BCUT2D eigenvalue weighted by molar-refractivity contribution is 7.90. The van der Waals surface area contributed by atoms with Crippen molar-refractivity contribution >= 4 is 72.6 Å². The van der Waals surface area contributed by atoms with E-state index in [0.717, 1.165) is 74.1 Å². The molecule has 0 saturated carbocycles. The number of carbonyl (C=O) groups excluding carboxylic acids is 1. The zero-order valence-electron chi connectivity index (χ0n) is 36.5. The van der Waals surface area contributed by atoms with Gasteiger partial charge < -0.3 is 34.3 Å². The van der Waals surface area contributed by atoms with E-state index in [0.29, 0.717) is 62.3 Å². The molecular formula is C47H53ClN8O8S. The van der Waals surface area contributed by atoms with Crippen LogP contribution in [-0.2, 0) is 19.5 Å². The summed E-state index contributed by atoms with van der Waals surface area (Å²) in [6.45, 7) is 11.0. The van der Waals surface area contributed by atoms with E-state index in [2.05, 4.69) is 50.8 Å². The molecule has 1 unspecified atom stereocenters. The fourth-order valence-corrected chi connectivity index (χ4v) is 10.4. The summed E-state index contributed by atoms with van der Waals surface area (Å²) in [7, 11) is -4.59. The minimum Gasteiger partial charge on any atom is -0.476 e. The van der Waals surface area contributed by atoms with Crippen LogP contribution in [0.15, 0.2) is 89.5 Å². The van der Waals surface area contributed by atoms with Crippen molar-refractivity contribution in [2.75, 3.05) is 87.4 Å². The number of halogens is 1. The summed E-state index contributed by atoms with van der Waals surface area (Å²) in [6.07, 6.45) is 5.26. The quantitative estimate of drug-likeness (QED) is 0.0815. The number of sulfonamides is 1. The number of piperazine rings is 1. The zero-order valence-corrected chi connectivity index (χ0v) is 38.1. The minimum absolute atomic E-state index is 0.0991. The van der Waals surface area contributed by atoms with Crippen molar-refractivity contribution in [2.24, 2.45) is 5.41 Å². The number of hydrogen-bond donors (Lipinski definition) is 3. The number of allylic oxidation sites excluding steroid dienone is 1. The first-order chi connectivity index (χ1) is 31.3. The molecule has 9 rings (SSSR count). The Balaban J connectivity index is 0.988. The van der Waals surface area contributed by atoms with E-state index < -0.39 is 31.4 Å². The first kappa shape index (κ1) is 44.5. The Kier molecular flexibility index (Phi) is 12.8. The number of anilines is 4. The fourth-order valence-electron chi connectivity index (χ4n) is 9.24. The van der Waals surface area contributed by atoms with Gasteiger partial charge in [-0.1, -0.05) is 43.2 Å². The standard InChI is InChI=1S/C47H53ClN8O8S/c1-47(2)14-12-38(31-4-6-34(48)7-5-31)33(27-47)29-53-17-19-54(20-18-53)35-8-10-39(41(25-35)55-16-3-21-64-46-43(55)24-32-13-15-49-44(32)51-46)45(57)52-65(60,61)37-9-11-40(42(26-37)56(58)59)50-28-36-30-62-22-23-63-36/h4-11,13,15,24-26,36,50H,3,12,14,16-23,27-30H2,1-2H3,(H,49,51)(H,52,57). The van der Waals surface area contributed by atoms with Gasteiger partial charge in [-0.15, -0.1) is 0 Å². The van der Waals surface area contributed by atoms with Gasteiger partial charge in [0.25, 0.3) is 21.6 Å². The number of rotatable bonds is 12. The maximum atomic E-state index is 14.4. The second kappa shape index (κ2) is 18.6. The first-order valence-corrected chi connectivity index (χ1v) is 23.9. The summed E-state index contributed by atoms with van der Waals surface area (Å²) in [6, 6.07) is 21.0. The van der Waals surface area contributed by atoms with Gasteiger partial charge in [-0.3, -0.25) is 19.8 Å². The molecule has 16 nitrogen and oxygen atoms in total. The predicted octanol–water partition coefficient (Wildman–Crippen LogP) is 7.78. The molecule has 0 spiro atoms. The third-order valence-electron chi connectivity index (χ3n) is 12.7. The van der Waals surface area contributed by atoms with E-state index in [1.165, 1.54) is 28.8 Å². The largest absolute Gasteiger partial charge is 0.476 e. The molecule has 65 heavy (non-hydrogen) atoms. The number of pyridine rings is 1. The van der Waals surface area contributed by atoms with Crippen LogP contribution in [0.3, 0.4) is 0 Å². The van der Waals surface area contributed by atoms with E-state index in [9.17, 15) is 23.3 Å². The Labute approximate surface area is 383 Å². The number of nitro benzene ring substituents is 1. The van der Waals surface area contributed by atoms with Gasteiger partial charge >= 0.3 is 0 Å². The van der Waals surface area contributed by atoms with Crippen molar-refractivity contribution in [1.82, 2.24) is 19.6 Å². The van der Waals surface area contributed by atoms with Gasteiger partial charge in [0.05, 0.1) is 53.6 Å². The summed E-state index contributed by atoms with van der Waals surface area (Å²) in [5, 5.41) is 16.7. The number of fused-ring (bicyclic) bond motifs is 2. The third-order valence-corrected chi connectivity index (χ3v) is 14.3. The van der Waals surface area contributed by atoms with Crippen molar-refractivity contribution in [2.45, 2.75) is 50.5 Å². The first-order valence-electron chi connectivity index (χ1n) is 22.1. The van der Waals surface area contributed by atoms with E-state index >= 15 is 0 Å². The van der Waals surface area contributed by atoms with Crippen LogP contribution in [0.4, 0.5) is 28.4 Å². The van der Waals surface area contributed by atoms with E-state index in [1.54, 1.807) is 12.3 Å². The highest BCUT2D eigenvalue weighted by Crippen LogP contribution is 2.44. The van der Waals surface area contributed by atoms with Crippen LogP contribution >= 0.6 is 11.6 Å². The number of hydrogen-bond acceptors (Lipinski definition) is 13. The number of nitrogens with one attached hydrogen (secondary N) is 3. The van der Waals surface area contributed by atoms with Crippen molar-refractivity contribution in [3.63, 3.8) is 0 Å². The molecule has 5 aromatic rings. The lowest BCUT2D eigenvalue weighted by atomic mass is 9.73. The lowest BCUT2D eigenvalue weighted by Gasteiger charge is -2.40. The van der Waals surface area contributed by atoms with Crippen molar-refractivity contribution in [3.05, 3.63) is 111 Å². The van der Waals surface area contributed by atoms with Crippen LogP contribution in [0.5, 0.6) is 5.88 Å². The molecule has 1 atom stereocenters. The van der Waals surface area contributed by atoms with Crippen LogP contribution in [0, 0.1) is 15.5 Å². The summed E-state index contributed by atoms with van der Waals surface area (Å²) in [4.78, 5) is 40.1. The predicted molar refractivity (Wildman–Crippen MR) is 251 cm³/mol. The van der Waals surface area contributed by atoms with Crippen molar-refractivity contribution < 1.29 is 32.3 Å². The van der Waals surface area contributed by atoms with Gasteiger partial charge in [0.1, 0.15) is 17.0 Å². The number of carbonyl (C=O) groups is 1. The molecule has 0 radical (unpaired) electrons. The van der Waals surface area contributed by atoms with Crippen LogP contribution < -0.4 is 24.6 Å². The van der Waals surface area contributed by atoms with Gasteiger partial charge in [-0.25, -0.2) is 13.1 Å². The molecule has 4 aliphatic rings. The Hall–Kier alpha value is -5.72. The Bertz CT molecular complexity index is 2730. The number of aromatic amines is 1. The molecule has 18 heteroatoms. The second-order valence-corrected chi connectivity index (χ2v) is 19.9. The SMILES string of the molecule is CC1(C)CCC(c2ccc(Cl)cc2)=C(CN2CCN(c3ccc(C(=O)NS(=O)(=O)c4ccc(NCC5COCCO5)c([N+](=O)[O-])c4)c(N4CCCOc5nc6[nH]ccc6cc54)c3)CC2)C1. The lowest BCUT2D eigenvalue weighted by Crippen LogP contribution is -2.47. The van der Waals surface area contributed by atoms with Crippen LogP contribution in [0.25, 0.3) is 16.6 Å². The van der Waals surface area contributed by atoms with E-state index in [1.807, 2.05) is 41.3 Å². The summed E-state index contributed by atoms with van der Waals surface area (Å²) < 4.78 is 47.2. The summed E-state index contributed by atoms with van der Waals surface area (Å²) in [5.41, 5.74) is 6.73. The number of H-pyrrole nitrogens is 1. The average Bonchev–Trinajstić information content (AvgIpc) is 3.66. The van der Waals surface area contributed by atoms with Gasteiger partial charge in [0.2, 0.25) is 5.88 Å². The topological polar surface area (TPSA) is 185 Å². The highest BCUT2D eigenvalue weighted by atomic mass is 35.5. The second-order valence-electron chi connectivity index (χ2n) is 17.8. The minimum atomic E-state index is -4.59. The molecule has 2 aromatic heterocycles. The smallest absolute Gasteiger partial charge is 0.293 e. The van der Waals surface area contributed by atoms with Crippen molar-refractivity contribution in [1.29, 1.82) is 0 Å². The number of nitrogens with zero attached hydrogens (tertiary/aromatic N) is 5. The number of amides is 1. The Morgan fingerprint density at radius 1 is 0.985 bits per heavy atom. The highest BCUT2D eigenvalue weighted by Gasteiger charge is 2.32. The van der Waals surface area contributed by atoms with Crippen LogP contribution in [-0.4, -0.2) is 112 Å². The van der Waals surface area contributed by atoms with Crippen LogP contribution in [0.2, 0.25) is 5.02 Å². The number of ether oxygens (including phenoxy) is 3. The molecule has 2 fully saturated rings. The van der Waals surface area contributed by atoms with Crippen LogP contribution in [0.1, 0.15) is 55.5 Å². The van der Waals surface area contributed by atoms with Gasteiger partial charge in [0.15, 0.2) is 0 Å². The molecular weight excluding hydrogens is 872 g/mol. The third kappa shape index (κ3) is 9.94. The summed E-state index contributed by atoms with van der Waals surface area (Å²) in [5.74, 6) is -0.504. The molecule has 1 aliphatic carbocycles. The molecule has 3 aromatic carbocycles. The Morgan fingerprint density at radius 2 is 1.80 bits per heavy atom. The monoisotopic (exact) mass is 924 g/mol. The van der Waals surface area contributed by atoms with E-state index in [-0.39, 0.29) is 29.3 Å². The van der Waals surface area contributed by atoms with Gasteiger partial charge in [0, 0.05) is 74.2 Å². The molecule has 3 N–H and O–H groups in total. The molecule has 5 heterocycles. The zero-order chi connectivity index (χ0) is 45.3. The van der Waals surface area contributed by atoms with Crippen molar-refractivity contribution in [3.8, 4) is 5.88 Å². The Morgan fingerprint density at radius 3 is 2.57 bits per heavy atom. The number of aromatic nitrogens is 2. The maximum absolute atomic E-state index is 14.4. The molecule has 1 amide bonds. The molecule has 2 saturated heterocycles. The number of benzene rings is 3. The fraction of sp³-hybridized carbons (Fsp3) is 0.404. The number of nitro groups is 1. The molecule has 3 aliphatic heterocycles. The lowest BCUT2D eigenvalue weighted by molar-refractivity contribution is -0.384. The van der Waals surface area contributed by atoms with Gasteiger partial charge in [-0.2, -0.15) is 4.98 Å². The maximum Gasteiger partial charge on any atom is 0.293 e. The molecule has 342 valence electrons.